The third-order valence-corrected chi connectivity index (χ3v) is 4.40. The summed E-state index contributed by atoms with van der Waals surface area (Å²) in [5.41, 5.74) is 3.82. The van der Waals surface area contributed by atoms with E-state index in [4.69, 9.17) is 9.15 Å². The van der Waals surface area contributed by atoms with Crippen LogP contribution < -0.4 is 10.4 Å². The molecule has 0 aliphatic carbocycles. The molecule has 1 aliphatic rings. The second kappa shape index (κ2) is 6.59. The molecule has 4 heteroatoms. The fraction of sp³-hybridized carbons (Fsp3) is 0.421. The van der Waals surface area contributed by atoms with Crippen molar-refractivity contribution in [3.63, 3.8) is 0 Å². The number of rotatable bonds is 4. The van der Waals surface area contributed by atoms with E-state index in [9.17, 15) is 4.79 Å². The third-order valence-electron chi connectivity index (χ3n) is 4.40. The molecule has 0 saturated heterocycles. The Hall–Kier alpha value is -2.07. The largest absolute Gasteiger partial charge is 0.496 e. The first-order chi connectivity index (χ1) is 11.0. The highest BCUT2D eigenvalue weighted by atomic mass is 16.5. The number of hydrogen-bond donors (Lipinski definition) is 0. The zero-order valence-corrected chi connectivity index (χ0v) is 14.0. The van der Waals surface area contributed by atoms with E-state index in [-0.39, 0.29) is 5.63 Å². The van der Waals surface area contributed by atoms with E-state index in [0.29, 0.717) is 24.0 Å². The van der Waals surface area contributed by atoms with Gasteiger partial charge in [0, 0.05) is 19.2 Å². The van der Waals surface area contributed by atoms with E-state index >= 15 is 0 Å². The van der Waals surface area contributed by atoms with E-state index in [1.54, 1.807) is 13.2 Å². The lowest BCUT2D eigenvalue weighted by atomic mass is 9.93. The molecule has 1 aromatic carbocycles. The Bertz CT molecular complexity index is 749. The minimum atomic E-state index is -0.362. The van der Waals surface area contributed by atoms with Gasteiger partial charge in [-0.3, -0.25) is 4.90 Å². The van der Waals surface area contributed by atoms with Gasteiger partial charge in [0.1, 0.15) is 11.5 Å². The quantitative estimate of drug-likeness (QED) is 0.868. The van der Waals surface area contributed by atoms with Crippen LogP contribution in [0, 0.1) is 0 Å². The predicted molar refractivity (Wildman–Crippen MR) is 89.9 cm³/mol. The van der Waals surface area contributed by atoms with Crippen LogP contribution in [0.25, 0.3) is 0 Å². The Balaban J connectivity index is 1.78. The minimum Gasteiger partial charge on any atom is -0.496 e. The average molecular weight is 313 g/mol. The molecule has 23 heavy (non-hydrogen) atoms. The maximum absolute atomic E-state index is 11.6. The van der Waals surface area contributed by atoms with Crippen molar-refractivity contribution in [2.24, 2.45) is 0 Å². The zero-order valence-electron chi connectivity index (χ0n) is 14.0. The molecule has 0 radical (unpaired) electrons. The standard InChI is InChI=1S/C19H23NO3/c1-13(2)15-5-4-14-6-7-20(11-16(14)8-15)12-18-9-17(22-3)10-19(21)23-18/h4-5,8-10,13H,6-7,11-12H2,1-3H3. The van der Waals surface area contributed by atoms with Gasteiger partial charge in [0.05, 0.1) is 19.7 Å². The molecule has 3 rings (SSSR count). The molecule has 0 saturated carbocycles. The lowest BCUT2D eigenvalue weighted by Crippen LogP contribution is -2.30. The summed E-state index contributed by atoms with van der Waals surface area (Å²) in [5, 5.41) is 0. The first kappa shape index (κ1) is 15.8. The van der Waals surface area contributed by atoms with Gasteiger partial charge in [0.2, 0.25) is 0 Å². The second-order valence-electron chi connectivity index (χ2n) is 6.43. The molecule has 0 fully saturated rings. The summed E-state index contributed by atoms with van der Waals surface area (Å²) in [5.74, 6) is 1.74. The van der Waals surface area contributed by atoms with Crippen LogP contribution in [0.2, 0.25) is 0 Å². The van der Waals surface area contributed by atoms with Gasteiger partial charge in [-0.05, 0) is 29.0 Å². The summed E-state index contributed by atoms with van der Waals surface area (Å²) in [4.78, 5) is 13.9. The first-order valence-corrected chi connectivity index (χ1v) is 8.07. The average Bonchev–Trinajstić information content (AvgIpc) is 2.53. The van der Waals surface area contributed by atoms with Gasteiger partial charge >= 0.3 is 5.63 Å². The van der Waals surface area contributed by atoms with Crippen molar-refractivity contribution in [3.05, 3.63) is 63.2 Å². The Morgan fingerprint density at radius 2 is 2.04 bits per heavy atom. The lowest BCUT2D eigenvalue weighted by Gasteiger charge is -2.29. The number of methoxy groups -OCH3 is 1. The SMILES string of the molecule is COc1cc(CN2CCc3ccc(C(C)C)cc3C2)oc(=O)c1. The topological polar surface area (TPSA) is 42.7 Å². The third kappa shape index (κ3) is 3.64. The van der Waals surface area contributed by atoms with Crippen molar-refractivity contribution < 1.29 is 9.15 Å². The van der Waals surface area contributed by atoms with E-state index in [2.05, 4.69) is 36.9 Å². The molecule has 0 bridgehead atoms. The number of hydrogen-bond acceptors (Lipinski definition) is 4. The van der Waals surface area contributed by atoms with Gasteiger partial charge in [0.25, 0.3) is 0 Å². The summed E-state index contributed by atoms with van der Waals surface area (Å²) in [6.45, 7) is 6.91. The van der Waals surface area contributed by atoms with Crippen molar-refractivity contribution in [1.29, 1.82) is 0 Å². The molecule has 0 unspecified atom stereocenters. The second-order valence-corrected chi connectivity index (χ2v) is 6.43. The number of nitrogens with zero attached hydrogens (tertiary/aromatic N) is 1. The van der Waals surface area contributed by atoms with Crippen molar-refractivity contribution in [1.82, 2.24) is 4.90 Å². The molecule has 1 aliphatic heterocycles. The molecular formula is C19H23NO3. The molecule has 0 N–H and O–H groups in total. The van der Waals surface area contributed by atoms with Crippen LogP contribution in [0.5, 0.6) is 5.75 Å². The lowest BCUT2D eigenvalue weighted by molar-refractivity contribution is 0.220. The maximum atomic E-state index is 11.6. The van der Waals surface area contributed by atoms with Gasteiger partial charge in [0.15, 0.2) is 0 Å². The molecule has 0 atom stereocenters. The Morgan fingerprint density at radius 3 is 2.78 bits per heavy atom. The molecular weight excluding hydrogens is 290 g/mol. The Morgan fingerprint density at radius 1 is 1.22 bits per heavy atom. The van der Waals surface area contributed by atoms with Crippen LogP contribution in [0.1, 0.15) is 42.2 Å². The summed E-state index contributed by atoms with van der Waals surface area (Å²) < 4.78 is 10.4. The molecule has 1 aromatic heterocycles. The van der Waals surface area contributed by atoms with Crippen LogP contribution >= 0.6 is 0 Å². The molecule has 0 spiro atoms. The molecule has 122 valence electrons. The van der Waals surface area contributed by atoms with E-state index < -0.39 is 0 Å². The van der Waals surface area contributed by atoms with Gasteiger partial charge in [-0.15, -0.1) is 0 Å². The van der Waals surface area contributed by atoms with Gasteiger partial charge in [-0.25, -0.2) is 4.79 Å². The van der Waals surface area contributed by atoms with Crippen LogP contribution in [0.3, 0.4) is 0 Å². The van der Waals surface area contributed by atoms with Crippen LogP contribution in [0.15, 0.2) is 39.5 Å². The van der Waals surface area contributed by atoms with Gasteiger partial charge < -0.3 is 9.15 Å². The van der Waals surface area contributed by atoms with E-state index in [1.165, 1.54) is 22.8 Å². The highest BCUT2D eigenvalue weighted by Crippen LogP contribution is 2.25. The summed E-state index contributed by atoms with van der Waals surface area (Å²) in [6.07, 6.45) is 1.03. The fourth-order valence-corrected chi connectivity index (χ4v) is 3.05. The minimum absolute atomic E-state index is 0.362. The Kier molecular flexibility index (Phi) is 4.53. The monoisotopic (exact) mass is 313 g/mol. The van der Waals surface area contributed by atoms with Crippen LogP contribution in [-0.4, -0.2) is 18.6 Å². The number of ether oxygens (including phenoxy) is 1. The van der Waals surface area contributed by atoms with Crippen molar-refractivity contribution >= 4 is 0 Å². The van der Waals surface area contributed by atoms with Crippen molar-refractivity contribution in [2.75, 3.05) is 13.7 Å². The molecule has 4 nitrogen and oxygen atoms in total. The number of fused-ring (bicyclic) bond motifs is 1. The van der Waals surface area contributed by atoms with Crippen LogP contribution in [0.4, 0.5) is 0 Å². The van der Waals surface area contributed by atoms with Crippen LogP contribution in [-0.2, 0) is 19.5 Å². The Labute approximate surface area is 136 Å². The fourth-order valence-electron chi connectivity index (χ4n) is 3.05. The molecule has 2 aromatic rings. The predicted octanol–water partition coefficient (Wildman–Crippen LogP) is 3.33. The molecule has 2 heterocycles. The summed E-state index contributed by atoms with van der Waals surface area (Å²) >= 11 is 0. The number of benzene rings is 1. The van der Waals surface area contributed by atoms with E-state index in [1.807, 2.05) is 0 Å². The van der Waals surface area contributed by atoms with E-state index in [0.717, 1.165) is 19.5 Å². The highest BCUT2D eigenvalue weighted by Gasteiger charge is 2.18. The molecule has 0 amide bonds. The van der Waals surface area contributed by atoms with Gasteiger partial charge in [-0.1, -0.05) is 32.0 Å². The van der Waals surface area contributed by atoms with Crippen molar-refractivity contribution in [2.45, 2.75) is 39.3 Å². The van der Waals surface area contributed by atoms with Gasteiger partial charge in [-0.2, -0.15) is 0 Å². The maximum Gasteiger partial charge on any atom is 0.339 e. The highest BCUT2D eigenvalue weighted by molar-refractivity contribution is 5.35. The smallest absolute Gasteiger partial charge is 0.339 e. The summed E-state index contributed by atoms with van der Waals surface area (Å²) in [6, 6.07) is 9.97. The zero-order chi connectivity index (χ0) is 16.4. The van der Waals surface area contributed by atoms with Crippen molar-refractivity contribution in [3.8, 4) is 5.75 Å². The summed E-state index contributed by atoms with van der Waals surface area (Å²) in [7, 11) is 1.56. The first-order valence-electron chi connectivity index (χ1n) is 8.07. The normalized spacial score (nSPS) is 14.8.